The van der Waals surface area contributed by atoms with Crippen molar-refractivity contribution in [3.05, 3.63) is 45.9 Å². The Hall–Kier alpha value is -2.21. The molecule has 1 aromatic carbocycles. The zero-order valence-corrected chi connectivity index (χ0v) is 11.6. The third-order valence-corrected chi connectivity index (χ3v) is 4.12. The zero-order valence-electron chi connectivity index (χ0n) is 10.7. The number of carbonyl (C=O) groups excluding carboxylic acids is 1. The Labute approximate surface area is 119 Å². The van der Waals surface area contributed by atoms with Gasteiger partial charge in [-0.3, -0.25) is 9.59 Å². The van der Waals surface area contributed by atoms with Crippen LogP contribution in [-0.2, 0) is 4.79 Å². The van der Waals surface area contributed by atoms with Gasteiger partial charge < -0.3 is 10.0 Å². The molecule has 0 saturated carbocycles. The van der Waals surface area contributed by atoms with E-state index in [-0.39, 0.29) is 12.5 Å². The number of hydrogen-bond acceptors (Lipinski definition) is 4. The molecule has 20 heavy (non-hydrogen) atoms. The standard InChI is InChI=1S/C14H12N2O3S/c1-8-15-11(7-20-8)13(17)16-6-10(14(18)19)9-4-2-3-5-12(9)16/h2-5,7,10H,6H2,1H3,(H,18,19)/t10-/m0/s1. The van der Waals surface area contributed by atoms with Crippen LogP contribution in [0.15, 0.2) is 29.6 Å². The van der Waals surface area contributed by atoms with Crippen LogP contribution in [0, 0.1) is 6.92 Å². The van der Waals surface area contributed by atoms with Gasteiger partial charge >= 0.3 is 5.97 Å². The van der Waals surface area contributed by atoms with Gasteiger partial charge in [0.25, 0.3) is 5.91 Å². The molecule has 2 aromatic rings. The minimum atomic E-state index is -0.915. The topological polar surface area (TPSA) is 70.5 Å². The van der Waals surface area contributed by atoms with Crippen molar-refractivity contribution >= 4 is 28.9 Å². The van der Waals surface area contributed by atoms with E-state index in [0.29, 0.717) is 16.9 Å². The number of amides is 1. The first kappa shape index (κ1) is 12.8. The average Bonchev–Trinajstić information content (AvgIpc) is 3.02. The lowest BCUT2D eigenvalue weighted by molar-refractivity contribution is -0.138. The van der Waals surface area contributed by atoms with Crippen molar-refractivity contribution in [3.63, 3.8) is 0 Å². The van der Waals surface area contributed by atoms with Crippen LogP contribution in [0.25, 0.3) is 0 Å². The minimum Gasteiger partial charge on any atom is -0.481 e. The summed E-state index contributed by atoms with van der Waals surface area (Å²) in [6, 6.07) is 7.12. The maximum Gasteiger partial charge on any atom is 0.312 e. The molecule has 0 aliphatic carbocycles. The van der Waals surface area contributed by atoms with Crippen LogP contribution >= 0.6 is 11.3 Å². The van der Waals surface area contributed by atoms with E-state index in [4.69, 9.17) is 0 Å². The van der Waals surface area contributed by atoms with Crippen molar-refractivity contribution in [2.24, 2.45) is 0 Å². The summed E-state index contributed by atoms with van der Waals surface area (Å²) in [5.41, 5.74) is 1.71. The molecule has 0 radical (unpaired) electrons. The molecule has 1 aliphatic heterocycles. The van der Waals surface area contributed by atoms with Crippen molar-refractivity contribution in [2.45, 2.75) is 12.8 Å². The lowest BCUT2D eigenvalue weighted by atomic mass is 10.0. The number of aryl methyl sites for hydroxylation is 1. The first-order chi connectivity index (χ1) is 9.58. The predicted octanol–water partition coefficient (Wildman–Crippen LogP) is 2.28. The van der Waals surface area contributed by atoms with E-state index in [2.05, 4.69) is 4.98 Å². The monoisotopic (exact) mass is 288 g/mol. The van der Waals surface area contributed by atoms with Gasteiger partial charge in [0.15, 0.2) is 0 Å². The molecule has 0 spiro atoms. The van der Waals surface area contributed by atoms with Crippen molar-refractivity contribution in [2.75, 3.05) is 11.4 Å². The summed E-state index contributed by atoms with van der Waals surface area (Å²) in [5.74, 6) is -1.83. The molecule has 1 aliphatic rings. The summed E-state index contributed by atoms with van der Waals surface area (Å²) in [6.45, 7) is 1.99. The molecule has 0 bridgehead atoms. The summed E-state index contributed by atoms with van der Waals surface area (Å²) in [6.07, 6.45) is 0. The van der Waals surface area contributed by atoms with Crippen LogP contribution in [0.2, 0.25) is 0 Å². The van der Waals surface area contributed by atoms with E-state index in [9.17, 15) is 14.7 Å². The highest BCUT2D eigenvalue weighted by molar-refractivity contribution is 7.09. The van der Waals surface area contributed by atoms with Crippen molar-refractivity contribution in [1.29, 1.82) is 0 Å². The second-order valence-corrected chi connectivity index (χ2v) is 5.68. The second-order valence-electron chi connectivity index (χ2n) is 4.62. The zero-order chi connectivity index (χ0) is 14.3. The molecule has 5 nitrogen and oxygen atoms in total. The summed E-state index contributed by atoms with van der Waals surface area (Å²) in [5, 5.41) is 11.8. The molecule has 102 valence electrons. The Morgan fingerprint density at radius 1 is 1.40 bits per heavy atom. The summed E-state index contributed by atoms with van der Waals surface area (Å²) >= 11 is 1.40. The largest absolute Gasteiger partial charge is 0.481 e. The molecule has 1 atom stereocenters. The Morgan fingerprint density at radius 2 is 2.15 bits per heavy atom. The molecule has 6 heteroatoms. The number of aromatic nitrogens is 1. The molecule has 3 rings (SSSR count). The lowest BCUT2D eigenvalue weighted by Gasteiger charge is -2.15. The van der Waals surface area contributed by atoms with E-state index >= 15 is 0 Å². The first-order valence-corrected chi connectivity index (χ1v) is 7.01. The van der Waals surface area contributed by atoms with Gasteiger partial charge in [0.05, 0.1) is 5.01 Å². The number of nitrogens with zero attached hydrogens (tertiary/aromatic N) is 2. The Balaban J connectivity index is 2.00. The molecule has 0 unspecified atom stereocenters. The maximum absolute atomic E-state index is 12.5. The molecular weight excluding hydrogens is 276 g/mol. The summed E-state index contributed by atoms with van der Waals surface area (Å²) in [4.78, 5) is 29.5. The number of benzene rings is 1. The van der Waals surface area contributed by atoms with Gasteiger partial charge in [-0.15, -0.1) is 11.3 Å². The highest BCUT2D eigenvalue weighted by Gasteiger charge is 2.37. The van der Waals surface area contributed by atoms with Crippen LogP contribution < -0.4 is 4.90 Å². The normalized spacial score (nSPS) is 17.1. The molecule has 1 amide bonds. The lowest BCUT2D eigenvalue weighted by Crippen LogP contribution is -2.31. The Morgan fingerprint density at radius 3 is 2.80 bits per heavy atom. The van der Waals surface area contributed by atoms with Crippen LogP contribution in [0.4, 0.5) is 5.69 Å². The number of anilines is 1. The van der Waals surface area contributed by atoms with Crippen molar-refractivity contribution < 1.29 is 14.7 Å². The number of hydrogen-bond donors (Lipinski definition) is 1. The number of aliphatic carboxylic acids is 1. The smallest absolute Gasteiger partial charge is 0.312 e. The summed E-state index contributed by atoms with van der Waals surface area (Å²) < 4.78 is 0. The van der Waals surface area contributed by atoms with Gasteiger partial charge in [0.1, 0.15) is 11.6 Å². The maximum atomic E-state index is 12.5. The molecule has 2 heterocycles. The molecule has 0 saturated heterocycles. The number of fused-ring (bicyclic) bond motifs is 1. The van der Waals surface area contributed by atoms with Crippen molar-refractivity contribution in [1.82, 2.24) is 4.98 Å². The van der Waals surface area contributed by atoms with E-state index in [1.807, 2.05) is 6.92 Å². The number of carbonyl (C=O) groups is 2. The van der Waals surface area contributed by atoms with Gasteiger partial charge in [-0.1, -0.05) is 18.2 Å². The van der Waals surface area contributed by atoms with Gasteiger partial charge in [0, 0.05) is 17.6 Å². The number of para-hydroxylation sites is 1. The van der Waals surface area contributed by atoms with Gasteiger partial charge in [0.2, 0.25) is 0 Å². The van der Waals surface area contributed by atoms with Crippen LogP contribution in [0.5, 0.6) is 0 Å². The SMILES string of the molecule is Cc1nc(C(=O)N2C[C@H](C(=O)O)c3ccccc32)cs1. The highest BCUT2D eigenvalue weighted by Crippen LogP contribution is 2.37. The van der Waals surface area contributed by atoms with Crippen molar-refractivity contribution in [3.8, 4) is 0 Å². The molecule has 0 fully saturated rings. The van der Waals surface area contributed by atoms with Crippen LogP contribution in [0.3, 0.4) is 0 Å². The van der Waals surface area contributed by atoms with E-state index in [1.165, 1.54) is 16.2 Å². The Kier molecular flexibility index (Phi) is 3.02. The first-order valence-electron chi connectivity index (χ1n) is 6.13. The van der Waals surface area contributed by atoms with Gasteiger partial charge in [-0.05, 0) is 18.6 Å². The minimum absolute atomic E-state index is 0.157. The second kappa shape index (κ2) is 4.72. The number of carboxylic acids is 1. The fourth-order valence-corrected chi connectivity index (χ4v) is 3.00. The number of rotatable bonds is 2. The van der Waals surface area contributed by atoms with E-state index in [0.717, 1.165) is 5.01 Å². The predicted molar refractivity (Wildman–Crippen MR) is 75.3 cm³/mol. The average molecular weight is 288 g/mol. The van der Waals surface area contributed by atoms with Crippen LogP contribution in [0.1, 0.15) is 27.0 Å². The third-order valence-electron chi connectivity index (χ3n) is 3.35. The summed E-state index contributed by atoms with van der Waals surface area (Å²) in [7, 11) is 0. The molecular formula is C14H12N2O3S. The van der Waals surface area contributed by atoms with E-state index in [1.54, 1.807) is 29.6 Å². The van der Waals surface area contributed by atoms with Gasteiger partial charge in [-0.25, -0.2) is 4.98 Å². The fraction of sp³-hybridized carbons (Fsp3) is 0.214. The van der Waals surface area contributed by atoms with Gasteiger partial charge in [-0.2, -0.15) is 0 Å². The number of carboxylic acid groups (broad SMARTS) is 1. The third kappa shape index (κ3) is 1.98. The van der Waals surface area contributed by atoms with E-state index < -0.39 is 11.9 Å². The highest BCUT2D eigenvalue weighted by atomic mass is 32.1. The number of thiazole rings is 1. The quantitative estimate of drug-likeness (QED) is 0.920. The van der Waals surface area contributed by atoms with Crippen LogP contribution in [-0.4, -0.2) is 28.5 Å². The molecule has 1 N–H and O–H groups in total. The molecule has 1 aromatic heterocycles. The Bertz CT molecular complexity index is 695. The fourth-order valence-electron chi connectivity index (χ4n) is 2.41.